The third-order valence-corrected chi connectivity index (χ3v) is 7.04. The van der Waals surface area contributed by atoms with Gasteiger partial charge >= 0.3 is 23.9 Å². The summed E-state index contributed by atoms with van der Waals surface area (Å²) in [6.45, 7) is 3.21. The molecule has 272 valence electrons. The molecule has 0 bridgehead atoms. The van der Waals surface area contributed by atoms with Crippen LogP contribution in [-0.4, -0.2) is 122 Å². The molecule has 0 aromatic carbocycles. The molecule has 48 heavy (non-hydrogen) atoms. The fourth-order valence-corrected chi connectivity index (χ4v) is 4.18. The molecule has 21 heteroatoms. The van der Waals surface area contributed by atoms with Crippen LogP contribution in [0.3, 0.4) is 0 Å². The Kier molecular flexibility index (Phi) is 20.1. The topological polar surface area (TPSA) is 347 Å². The van der Waals surface area contributed by atoms with E-state index >= 15 is 0 Å². The highest BCUT2D eigenvalue weighted by Crippen LogP contribution is 2.09. The number of unbranched alkanes of at least 4 members (excludes halogenated alkanes) is 1. The summed E-state index contributed by atoms with van der Waals surface area (Å²) in [7, 11) is 0. The maximum atomic E-state index is 13.3. The molecule has 0 aliphatic heterocycles. The highest BCUT2D eigenvalue weighted by molar-refractivity contribution is 7.80. The molecule has 0 aromatic rings. The number of nitrogens with one attached hydrogen (secondary N) is 5. The lowest BCUT2D eigenvalue weighted by Gasteiger charge is -2.28. The summed E-state index contributed by atoms with van der Waals surface area (Å²) >= 11 is 3.88. The minimum Gasteiger partial charge on any atom is -0.481 e. The van der Waals surface area contributed by atoms with Gasteiger partial charge in [-0.1, -0.05) is 13.8 Å². The molecule has 20 nitrogen and oxygen atoms in total. The van der Waals surface area contributed by atoms with Crippen molar-refractivity contribution in [2.24, 2.45) is 17.4 Å². The molecular formula is C27H45N7O13S. The summed E-state index contributed by atoms with van der Waals surface area (Å²) in [6.07, 6.45) is -2.34. The summed E-state index contributed by atoms with van der Waals surface area (Å²) in [5.74, 6) is -12.0. The van der Waals surface area contributed by atoms with Crippen LogP contribution in [0.5, 0.6) is 0 Å². The Morgan fingerprint density at radius 2 is 1.06 bits per heavy atom. The summed E-state index contributed by atoms with van der Waals surface area (Å²) in [5.41, 5.74) is 11.1. The maximum absolute atomic E-state index is 13.3. The molecule has 6 unspecified atom stereocenters. The van der Waals surface area contributed by atoms with Crippen LogP contribution < -0.4 is 38.1 Å². The first-order valence-corrected chi connectivity index (χ1v) is 15.4. The van der Waals surface area contributed by atoms with Crippen molar-refractivity contribution in [3.63, 3.8) is 0 Å². The van der Waals surface area contributed by atoms with Crippen molar-refractivity contribution < 1.29 is 63.6 Å². The standard InChI is InChI=1S/C27H45N7O13S/c1-12(2)21(26(45)31-14(5-3-4-8-28)23(42)33-17(27(46)47)10-20(39)40)34-25(44)16(9-19(37)38)32-24(43)15(6-7-18(35)36)30-22(41)13(29)11-48/h12-17,21,48H,3-11,28-29H2,1-2H3,(H,30,41)(H,31,45)(H,32,43)(H,33,42)(H,34,44)(H,35,36)(H,37,38)(H,39,40)(H,46,47). The highest BCUT2D eigenvalue weighted by Gasteiger charge is 2.35. The zero-order chi connectivity index (χ0) is 37.1. The van der Waals surface area contributed by atoms with Crippen molar-refractivity contribution in [3.8, 4) is 0 Å². The summed E-state index contributed by atoms with van der Waals surface area (Å²) in [6, 6.07) is -9.21. The van der Waals surface area contributed by atoms with Crippen LogP contribution in [0.15, 0.2) is 0 Å². The molecule has 0 rings (SSSR count). The molecule has 0 aromatic heterocycles. The van der Waals surface area contributed by atoms with Gasteiger partial charge in [-0.3, -0.25) is 38.4 Å². The minimum atomic E-state index is -1.83. The van der Waals surface area contributed by atoms with E-state index in [1.165, 1.54) is 13.8 Å². The monoisotopic (exact) mass is 707 g/mol. The molecule has 0 radical (unpaired) electrons. The van der Waals surface area contributed by atoms with E-state index in [1.807, 2.05) is 0 Å². The normalized spacial score (nSPS) is 14.6. The number of hydrogen-bond donors (Lipinski definition) is 12. The van der Waals surface area contributed by atoms with Crippen LogP contribution in [-0.2, 0) is 43.2 Å². The second kappa shape index (κ2) is 22.1. The first kappa shape index (κ1) is 43.5. The number of carboxylic acid groups (broad SMARTS) is 4. The van der Waals surface area contributed by atoms with Gasteiger partial charge in [0.1, 0.15) is 30.2 Å². The molecule has 0 spiro atoms. The summed E-state index contributed by atoms with van der Waals surface area (Å²) < 4.78 is 0. The Morgan fingerprint density at radius 3 is 1.52 bits per heavy atom. The Balaban J connectivity index is 6.09. The number of rotatable bonds is 24. The van der Waals surface area contributed by atoms with Crippen LogP contribution in [0.2, 0.25) is 0 Å². The average molecular weight is 708 g/mol. The zero-order valence-electron chi connectivity index (χ0n) is 26.5. The van der Waals surface area contributed by atoms with E-state index in [2.05, 4.69) is 39.2 Å². The van der Waals surface area contributed by atoms with Crippen LogP contribution in [0.1, 0.15) is 58.8 Å². The van der Waals surface area contributed by atoms with Crippen molar-refractivity contribution >= 4 is 66.0 Å². The number of aliphatic carboxylic acids is 4. The van der Waals surface area contributed by atoms with Crippen molar-refractivity contribution in [2.75, 3.05) is 12.3 Å². The van der Waals surface area contributed by atoms with Crippen LogP contribution >= 0.6 is 12.6 Å². The third kappa shape index (κ3) is 16.9. The predicted molar refractivity (Wildman–Crippen MR) is 168 cm³/mol. The summed E-state index contributed by atoms with van der Waals surface area (Å²) in [5, 5.41) is 47.9. The number of nitrogens with two attached hydrogens (primary N) is 2. The number of carbonyl (C=O) groups is 9. The van der Waals surface area contributed by atoms with Gasteiger partial charge in [0.05, 0.1) is 18.9 Å². The number of hydrogen-bond acceptors (Lipinski definition) is 12. The van der Waals surface area contributed by atoms with Gasteiger partial charge in [-0.25, -0.2) is 4.79 Å². The van der Waals surface area contributed by atoms with Crippen LogP contribution in [0.25, 0.3) is 0 Å². The predicted octanol–water partition coefficient (Wildman–Crippen LogP) is -3.65. The van der Waals surface area contributed by atoms with Gasteiger partial charge in [0.2, 0.25) is 29.5 Å². The van der Waals surface area contributed by atoms with Crippen LogP contribution in [0, 0.1) is 5.92 Å². The van der Waals surface area contributed by atoms with Gasteiger partial charge in [-0.05, 0) is 38.1 Å². The molecule has 0 aliphatic rings. The van der Waals surface area contributed by atoms with Crippen molar-refractivity contribution in [2.45, 2.75) is 95.0 Å². The second-order valence-electron chi connectivity index (χ2n) is 11.0. The largest absolute Gasteiger partial charge is 0.481 e. The first-order chi connectivity index (χ1) is 22.3. The van der Waals surface area contributed by atoms with Gasteiger partial charge in [0.25, 0.3) is 0 Å². The van der Waals surface area contributed by atoms with E-state index in [4.69, 9.17) is 21.7 Å². The highest BCUT2D eigenvalue weighted by atomic mass is 32.1. The Morgan fingerprint density at radius 1 is 0.604 bits per heavy atom. The van der Waals surface area contributed by atoms with Crippen molar-refractivity contribution in [1.82, 2.24) is 26.6 Å². The Bertz CT molecular complexity index is 1190. The fraction of sp³-hybridized carbons (Fsp3) is 0.667. The molecule has 6 atom stereocenters. The number of thiol groups is 1. The van der Waals surface area contributed by atoms with Crippen molar-refractivity contribution in [3.05, 3.63) is 0 Å². The molecule has 0 aliphatic carbocycles. The lowest BCUT2D eigenvalue weighted by molar-refractivity contribution is -0.147. The third-order valence-electron chi connectivity index (χ3n) is 6.65. The van der Waals surface area contributed by atoms with Gasteiger partial charge in [-0.15, -0.1) is 0 Å². The quantitative estimate of drug-likeness (QED) is 0.0340. The van der Waals surface area contributed by atoms with Crippen LogP contribution in [0.4, 0.5) is 0 Å². The zero-order valence-corrected chi connectivity index (χ0v) is 27.4. The van der Waals surface area contributed by atoms with Crippen molar-refractivity contribution in [1.29, 1.82) is 0 Å². The SMILES string of the molecule is CC(C)C(NC(=O)C(CC(=O)O)NC(=O)C(CCC(=O)O)NC(=O)C(N)CS)C(=O)NC(CCCCN)C(=O)NC(CC(=O)O)C(=O)O. The van der Waals surface area contributed by atoms with Gasteiger partial charge < -0.3 is 58.5 Å². The second-order valence-corrected chi connectivity index (χ2v) is 11.4. The average Bonchev–Trinajstić information content (AvgIpc) is 2.98. The summed E-state index contributed by atoms with van der Waals surface area (Å²) in [4.78, 5) is 110. The molecule has 5 amide bonds. The van der Waals surface area contributed by atoms with Gasteiger partial charge in [-0.2, -0.15) is 12.6 Å². The van der Waals surface area contributed by atoms with E-state index in [0.717, 1.165) is 0 Å². The van der Waals surface area contributed by atoms with Gasteiger partial charge in [0.15, 0.2) is 0 Å². The smallest absolute Gasteiger partial charge is 0.326 e. The fourth-order valence-electron chi connectivity index (χ4n) is 4.01. The van der Waals surface area contributed by atoms with E-state index in [0.29, 0.717) is 6.42 Å². The minimum absolute atomic E-state index is 0.0506. The number of amides is 5. The van der Waals surface area contributed by atoms with E-state index in [9.17, 15) is 53.4 Å². The Labute approximate surface area is 280 Å². The number of carboxylic acids is 4. The molecule has 13 N–H and O–H groups in total. The lowest BCUT2D eigenvalue weighted by atomic mass is 10.0. The molecule has 0 heterocycles. The van der Waals surface area contributed by atoms with E-state index in [1.54, 1.807) is 0 Å². The van der Waals surface area contributed by atoms with Gasteiger partial charge in [0, 0.05) is 12.2 Å². The van der Waals surface area contributed by atoms with E-state index < -0.39 is 121 Å². The maximum Gasteiger partial charge on any atom is 0.326 e. The van der Waals surface area contributed by atoms with E-state index in [-0.39, 0.29) is 25.1 Å². The first-order valence-electron chi connectivity index (χ1n) is 14.8. The molecular weight excluding hydrogens is 662 g/mol. The lowest BCUT2D eigenvalue weighted by Crippen LogP contribution is -2.60. The molecule has 0 saturated heterocycles. The molecule has 0 fully saturated rings. The molecule has 0 saturated carbocycles. The number of carbonyl (C=O) groups excluding carboxylic acids is 5. The Hall–Kier alpha value is -4.50.